The molecule has 0 unspecified atom stereocenters. The van der Waals surface area contributed by atoms with Crippen molar-refractivity contribution in [2.45, 2.75) is 31.4 Å². The highest BCUT2D eigenvalue weighted by Gasteiger charge is 2.29. The zero-order chi connectivity index (χ0) is 24.9. The number of hydrogen-bond acceptors (Lipinski definition) is 6. The molecule has 1 aliphatic carbocycles. The van der Waals surface area contributed by atoms with Crippen LogP contribution in [0.15, 0.2) is 66.9 Å². The van der Waals surface area contributed by atoms with E-state index in [4.69, 9.17) is 9.84 Å². The lowest BCUT2D eigenvalue weighted by Gasteiger charge is -2.16. The van der Waals surface area contributed by atoms with Gasteiger partial charge in [0.15, 0.2) is 6.04 Å². The van der Waals surface area contributed by atoms with Gasteiger partial charge in [-0.2, -0.15) is 0 Å². The smallest absolute Gasteiger partial charge is 0.411 e. The summed E-state index contributed by atoms with van der Waals surface area (Å²) in [4.78, 5) is 39.7. The van der Waals surface area contributed by atoms with Crippen LogP contribution in [-0.2, 0) is 20.7 Å². The summed E-state index contributed by atoms with van der Waals surface area (Å²) < 4.78 is 5.51. The number of benzene rings is 2. The number of nitrogens with zero attached hydrogens (tertiary/aromatic N) is 1. The van der Waals surface area contributed by atoms with E-state index in [9.17, 15) is 19.5 Å². The number of fused-ring (bicyclic) bond motifs is 3. The van der Waals surface area contributed by atoms with Crippen molar-refractivity contribution < 1.29 is 29.3 Å². The largest absolute Gasteiger partial charge is 0.480 e. The van der Waals surface area contributed by atoms with Crippen LogP contribution in [0, 0.1) is 0 Å². The number of carbonyl (C=O) groups excluding carboxylic acids is 2. The van der Waals surface area contributed by atoms with Gasteiger partial charge in [-0.1, -0.05) is 48.5 Å². The quantitative estimate of drug-likeness (QED) is 0.393. The van der Waals surface area contributed by atoms with E-state index < -0.39 is 30.1 Å². The lowest BCUT2D eigenvalue weighted by Crippen LogP contribution is -2.48. The second-order valence-electron chi connectivity index (χ2n) is 8.29. The van der Waals surface area contributed by atoms with E-state index in [0.29, 0.717) is 11.4 Å². The van der Waals surface area contributed by atoms with Gasteiger partial charge in [0.25, 0.3) is 0 Å². The third kappa shape index (κ3) is 5.47. The highest BCUT2D eigenvalue weighted by molar-refractivity contribution is 5.86. The molecule has 2 aromatic carbocycles. The van der Waals surface area contributed by atoms with Crippen LogP contribution in [0.1, 0.15) is 29.7 Å². The number of carbonyl (C=O) groups is 3. The number of carboxylic acid groups (broad SMARTS) is 1. The van der Waals surface area contributed by atoms with Crippen LogP contribution < -0.4 is 10.6 Å². The fraction of sp³-hybridized carbons (Fsp3) is 0.231. The van der Waals surface area contributed by atoms with Gasteiger partial charge in [0.2, 0.25) is 5.91 Å². The number of rotatable bonds is 8. The molecule has 0 saturated carbocycles. The van der Waals surface area contributed by atoms with Crippen LogP contribution in [0.2, 0.25) is 0 Å². The van der Waals surface area contributed by atoms with Gasteiger partial charge in [-0.15, -0.1) is 0 Å². The zero-order valence-corrected chi connectivity index (χ0v) is 19.0. The van der Waals surface area contributed by atoms with Crippen LogP contribution in [0.25, 0.3) is 11.1 Å². The second kappa shape index (κ2) is 10.4. The molecule has 35 heavy (non-hydrogen) atoms. The van der Waals surface area contributed by atoms with Crippen molar-refractivity contribution in [1.82, 2.24) is 10.3 Å². The van der Waals surface area contributed by atoms with Gasteiger partial charge in [-0.25, -0.2) is 9.59 Å². The minimum Gasteiger partial charge on any atom is -0.480 e. The van der Waals surface area contributed by atoms with E-state index in [1.165, 1.54) is 19.2 Å². The number of amides is 2. The Hall–Kier alpha value is -4.24. The van der Waals surface area contributed by atoms with Gasteiger partial charge in [-0.05, 0) is 41.3 Å². The second-order valence-corrected chi connectivity index (χ2v) is 8.29. The predicted octanol–water partition coefficient (Wildman–Crippen LogP) is 2.94. The van der Waals surface area contributed by atoms with Crippen LogP contribution in [-0.4, -0.2) is 51.9 Å². The molecule has 3 aromatic rings. The summed E-state index contributed by atoms with van der Waals surface area (Å²) in [6.45, 7) is 1.46. The maximum absolute atomic E-state index is 12.4. The molecule has 2 atom stereocenters. The molecular formula is C26H25N3O6. The van der Waals surface area contributed by atoms with Gasteiger partial charge in [-0.3, -0.25) is 15.1 Å². The molecule has 0 spiro atoms. The summed E-state index contributed by atoms with van der Waals surface area (Å²) >= 11 is 0. The van der Waals surface area contributed by atoms with E-state index >= 15 is 0 Å². The maximum Gasteiger partial charge on any atom is 0.411 e. The standard InChI is InChI=1S/C26H25N3O6/c1-15(30)24(25(32)33)29-23(31)12-16-10-11-17(13-27-16)28-26(34)35-14-22-20-8-4-2-6-18(20)19-7-3-5-9-21(19)22/h2-11,13,15,22,24,30H,12,14H2,1H3,(H,28,34)(H,29,31)(H,32,33)/t15-,24+/m1/s1. The van der Waals surface area contributed by atoms with Crippen molar-refractivity contribution in [3.63, 3.8) is 0 Å². The number of hydrogen-bond donors (Lipinski definition) is 4. The molecule has 0 saturated heterocycles. The molecule has 9 heteroatoms. The van der Waals surface area contributed by atoms with E-state index in [-0.39, 0.29) is 18.9 Å². The van der Waals surface area contributed by atoms with Crippen LogP contribution >= 0.6 is 0 Å². The summed E-state index contributed by atoms with van der Waals surface area (Å²) in [5.74, 6) is -1.98. The number of anilines is 1. The molecule has 0 aliphatic heterocycles. The first-order valence-electron chi connectivity index (χ1n) is 11.1. The van der Waals surface area contributed by atoms with Crippen molar-refractivity contribution in [2.75, 3.05) is 11.9 Å². The number of pyridine rings is 1. The number of aliphatic carboxylic acids is 1. The molecule has 4 rings (SSSR count). The van der Waals surface area contributed by atoms with E-state index in [0.717, 1.165) is 22.3 Å². The van der Waals surface area contributed by atoms with E-state index in [1.54, 1.807) is 6.07 Å². The van der Waals surface area contributed by atoms with Crippen molar-refractivity contribution in [1.29, 1.82) is 0 Å². The Kier molecular flexibility index (Phi) is 7.07. The van der Waals surface area contributed by atoms with Crippen molar-refractivity contribution in [3.05, 3.63) is 83.7 Å². The molecule has 0 bridgehead atoms. The van der Waals surface area contributed by atoms with Crippen LogP contribution in [0.3, 0.4) is 0 Å². The lowest BCUT2D eigenvalue weighted by atomic mass is 9.98. The first-order valence-corrected chi connectivity index (χ1v) is 11.1. The molecule has 4 N–H and O–H groups in total. The van der Waals surface area contributed by atoms with Crippen molar-refractivity contribution in [2.24, 2.45) is 0 Å². The molecule has 0 radical (unpaired) electrons. The zero-order valence-electron chi connectivity index (χ0n) is 19.0. The fourth-order valence-corrected chi connectivity index (χ4v) is 4.13. The first-order chi connectivity index (χ1) is 16.8. The number of aliphatic hydroxyl groups is 1. The van der Waals surface area contributed by atoms with Crippen LogP contribution in [0.5, 0.6) is 0 Å². The molecule has 1 aliphatic rings. The summed E-state index contributed by atoms with van der Waals surface area (Å²) in [6.07, 6.45) is -0.664. The Morgan fingerprint density at radius 2 is 1.63 bits per heavy atom. The number of carboxylic acids is 1. The van der Waals surface area contributed by atoms with Gasteiger partial charge in [0.05, 0.1) is 24.4 Å². The third-order valence-corrected chi connectivity index (χ3v) is 5.82. The average molecular weight is 476 g/mol. The number of aliphatic hydroxyl groups excluding tert-OH is 1. The van der Waals surface area contributed by atoms with Gasteiger partial charge in [0.1, 0.15) is 6.61 Å². The molecule has 0 fully saturated rings. The predicted molar refractivity (Wildman–Crippen MR) is 128 cm³/mol. The highest BCUT2D eigenvalue weighted by atomic mass is 16.5. The molecule has 180 valence electrons. The Morgan fingerprint density at radius 3 is 2.17 bits per heavy atom. The Balaban J connectivity index is 1.32. The molecule has 2 amide bonds. The lowest BCUT2D eigenvalue weighted by molar-refractivity contribution is -0.144. The van der Waals surface area contributed by atoms with Crippen molar-refractivity contribution in [3.8, 4) is 11.1 Å². The minimum absolute atomic E-state index is 0.0524. The SMILES string of the molecule is C[C@@H](O)[C@H](NC(=O)Cc1ccc(NC(=O)OCC2c3ccccc3-c3ccccc32)cn1)C(=O)O. The number of nitrogens with one attached hydrogen (secondary N) is 2. The summed E-state index contributed by atoms with van der Waals surface area (Å²) in [5.41, 5.74) is 5.28. The average Bonchev–Trinajstić information content (AvgIpc) is 3.16. The number of ether oxygens (including phenoxy) is 1. The third-order valence-electron chi connectivity index (χ3n) is 5.82. The molecule has 1 heterocycles. The highest BCUT2D eigenvalue weighted by Crippen LogP contribution is 2.44. The normalized spacial score (nSPS) is 13.8. The number of aromatic nitrogens is 1. The Bertz CT molecular complexity index is 1200. The van der Waals surface area contributed by atoms with Gasteiger partial charge < -0.3 is 20.3 Å². The molecule has 1 aromatic heterocycles. The summed E-state index contributed by atoms with van der Waals surface area (Å²) in [7, 11) is 0. The Morgan fingerprint density at radius 1 is 1.00 bits per heavy atom. The first kappa shape index (κ1) is 23.9. The fourth-order valence-electron chi connectivity index (χ4n) is 4.13. The van der Waals surface area contributed by atoms with Gasteiger partial charge >= 0.3 is 12.1 Å². The van der Waals surface area contributed by atoms with Crippen LogP contribution in [0.4, 0.5) is 10.5 Å². The summed E-state index contributed by atoms with van der Waals surface area (Å²) in [6, 6.07) is 17.8. The van der Waals surface area contributed by atoms with E-state index in [1.807, 2.05) is 36.4 Å². The Labute approximate surface area is 201 Å². The van der Waals surface area contributed by atoms with Gasteiger partial charge in [0, 0.05) is 11.6 Å². The minimum atomic E-state index is -1.41. The van der Waals surface area contributed by atoms with Crippen molar-refractivity contribution >= 4 is 23.7 Å². The monoisotopic (exact) mass is 475 g/mol. The summed E-state index contributed by atoms with van der Waals surface area (Å²) in [5, 5.41) is 23.4. The van der Waals surface area contributed by atoms with E-state index in [2.05, 4.69) is 27.8 Å². The maximum atomic E-state index is 12.4. The molecular weight excluding hydrogens is 450 g/mol. The topological polar surface area (TPSA) is 138 Å². The molecule has 9 nitrogen and oxygen atoms in total.